The average Bonchev–Trinajstić information content (AvgIpc) is 2.18. The van der Waals surface area contributed by atoms with E-state index in [2.05, 4.69) is 10.3 Å². The molecule has 0 aliphatic heterocycles. The number of rotatable bonds is 2. The van der Waals surface area contributed by atoms with Crippen LogP contribution in [0.25, 0.3) is 0 Å². The Hall–Kier alpha value is -2.04. The molecule has 0 radical (unpaired) electrons. The Balaban J connectivity index is 2.79. The van der Waals surface area contributed by atoms with Crippen LogP contribution in [0.4, 0.5) is 5.69 Å². The minimum atomic E-state index is -0.456. The maximum atomic E-state index is 11.0. The fraction of sp³-hybridized carbons (Fsp3) is 0.200. The van der Waals surface area contributed by atoms with E-state index in [1.807, 2.05) is 6.07 Å². The van der Waals surface area contributed by atoms with Crippen LogP contribution in [0, 0.1) is 0 Å². The van der Waals surface area contributed by atoms with E-state index in [0.29, 0.717) is 10.7 Å². The Morgan fingerprint density at radius 1 is 1.07 bits per heavy atom. The van der Waals surface area contributed by atoms with Crippen molar-refractivity contribution in [1.82, 2.24) is 5.01 Å². The molecule has 0 aliphatic rings. The molecule has 0 aromatic heterocycles. The number of nitrogens with zero attached hydrogens (tertiary/aromatic N) is 3. The molecule has 0 heterocycles. The Morgan fingerprint density at radius 2 is 1.60 bits per heavy atom. The van der Waals surface area contributed by atoms with Crippen LogP contribution in [0.3, 0.4) is 0 Å². The Bertz CT molecular complexity index is 373. The zero-order valence-electron chi connectivity index (χ0n) is 8.54. The molecule has 15 heavy (non-hydrogen) atoms. The van der Waals surface area contributed by atoms with Gasteiger partial charge in [0.05, 0.1) is 5.69 Å². The number of benzene rings is 1. The second-order valence-electron chi connectivity index (χ2n) is 2.87. The van der Waals surface area contributed by atoms with Gasteiger partial charge in [-0.1, -0.05) is 23.4 Å². The first kappa shape index (κ1) is 11.0. The lowest BCUT2D eigenvalue weighted by atomic mass is 10.3. The molecule has 0 saturated heterocycles. The summed E-state index contributed by atoms with van der Waals surface area (Å²) in [7, 11) is 0. The summed E-state index contributed by atoms with van der Waals surface area (Å²) in [6.07, 6.45) is 0. The summed E-state index contributed by atoms with van der Waals surface area (Å²) in [6.45, 7) is 2.51. The van der Waals surface area contributed by atoms with Gasteiger partial charge in [-0.3, -0.25) is 9.59 Å². The summed E-state index contributed by atoms with van der Waals surface area (Å²) in [5, 5.41) is 8.03. The van der Waals surface area contributed by atoms with Gasteiger partial charge in [-0.15, -0.1) is 10.1 Å². The molecule has 0 N–H and O–H groups in total. The number of hydrogen-bond donors (Lipinski definition) is 0. The van der Waals surface area contributed by atoms with Crippen molar-refractivity contribution in [2.75, 3.05) is 0 Å². The standard InChI is InChI=1S/C10H11N3O2/c1-8(14)13(9(2)15)12-11-10-6-4-3-5-7-10/h3-7H,1-2H3. The normalized spacial score (nSPS) is 10.3. The largest absolute Gasteiger partial charge is 0.273 e. The van der Waals surface area contributed by atoms with Gasteiger partial charge in [-0.2, -0.15) is 0 Å². The van der Waals surface area contributed by atoms with Crippen LogP contribution in [-0.4, -0.2) is 16.8 Å². The summed E-state index contributed by atoms with van der Waals surface area (Å²) in [6, 6.07) is 8.87. The van der Waals surface area contributed by atoms with Crippen molar-refractivity contribution in [3.8, 4) is 0 Å². The van der Waals surface area contributed by atoms with Crippen molar-refractivity contribution in [1.29, 1.82) is 0 Å². The van der Waals surface area contributed by atoms with Crippen LogP contribution < -0.4 is 0 Å². The van der Waals surface area contributed by atoms with Gasteiger partial charge >= 0.3 is 0 Å². The number of carbonyl (C=O) groups excluding carboxylic acids is 2. The van der Waals surface area contributed by atoms with Crippen molar-refractivity contribution in [2.24, 2.45) is 10.3 Å². The topological polar surface area (TPSA) is 62.1 Å². The molecular formula is C10H11N3O2. The number of imide groups is 1. The molecule has 1 rings (SSSR count). The summed E-state index contributed by atoms with van der Waals surface area (Å²) in [5.41, 5.74) is 0.588. The Kier molecular flexibility index (Phi) is 3.68. The Labute approximate surface area is 87.4 Å². The molecule has 0 fully saturated rings. The SMILES string of the molecule is CC(=O)N(N=Nc1ccccc1)C(C)=O. The molecule has 0 atom stereocenters. The highest BCUT2D eigenvalue weighted by atomic mass is 16.2. The van der Waals surface area contributed by atoms with Crippen LogP contribution in [0.2, 0.25) is 0 Å². The van der Waals surface area contributed by atoms with Gasteiger partial charge in [0.2, 0.25) is 11.8 Å². The van der Waals surface area contributed by atoms with Crippen LogP contribution in [0.1, 0.15) is 13.8 Å². The van der Waals surface area contributed by atoms with E-state index in [4.69, 9.17) is 0 Å². The fourth-order valence-electron chi connectivity index (χ4n) is 0.939. The highest BCUT2D eigenvalue weighted by Crippen LogP contribution is 2.11. The van der Waals surface area contributed by atoms with Crippen molar-refractivity contribution < 1.29 is 9.59 Å². The third-order valence-electron chi connectivity index (χ3n) is 1.60. The zero-order valence-corrected chi connectivity index (χ0v) is 8.54. The summed E-state index contributed by atoms with van der Waals surface area (Å²) >= 11 is 0. The van der Waals surface area contributed by atoms with Crippen LogP contribution in [-0.2, 0) is 9.59 Å². The molecule has 1 aromatic rings. The lowest BCUT2D eigenvalue weighted by Gasteiger charge is -2.07. The molecule has 0 bridgehead atoms. The predicted molar refractivity (Wildman–Crippen MR) is 54.2 cm³/mol. The first-order chi connectivity index (χ1) is 7.11. The number of hydrogen-bond acceptors (Lipinski definition) is 4. The molecule has 0 aliphatic carbocycles. The fourth-order valence-corrected chi connectivity index (χ4v) is 0.939. The molecule has 5 heteroatoms. The molecule has 2 amide bonds. The quantitative estimate of drug-likeness (QED) is 0.548. The maximum absolute atomic E-state index is 11.0. The van der Waals surface area contributed by atoms with E-state index in [0.717, 1.165) is 0 Å². The van der Waals surface area contributed by atoms with Crippen LogP contribution in [0.5, 0.6) is 0 Å². The monoisotopic (exact) mass is 205 g/mol. The van der Waals surface area contributed by atoms with Gasteiger partial charge in [-0.25, -0.2) is 0 Å². The van der Waals surface area contributed by atoms with E-state index in [1.54, 1.807) is 24.3 Å². The molecule has 0 unspecified atom stereocenters. The number of carbonyl (C=O) groups is 2. The second kappa shape index (κ2) is 4.99. The van der Waals surface area contributed by atoms with Crippen molar-refractivity contribution in [3.63, 3.8) is 0 Å². The third-order valence-corrected chi connectivity index (χ3v) is 1.60. The molecular weight excluding hydrogens is 194 g/mol. The van der Waals surface area contributed by atoms with Gasteiger partial charge in [-0.05, 0) is 12.1 Å². The minimum absolute atomic E-state index is 0.456. The van der Waals surface area contributed by atoms with Crippen molar-refractivity contribution >= 4 is 17.5 Å². The third kappa shape index (κ3) is 3.30. The molecule has 78 valence electrons. The van der Waals surface area contributed by atoms with E-state index >= 15 is 0 Å². The second-order valence-corrected chi connectivity index (χ2v) is 2.87. The summed E-state index contributed by atoms with van der Waals surface area (Å²) in [5.74, 6) is -0.913. The molecule has 0 saturated carbocycles. The molecule has 1 aromatic carbocycles. The van der Waals surface area contributed by atoms with Crippen molar-refractivity contribution in [2.45, 2.75) is 13.8 Å². The average molecular weight is 205 g/mol. The van der Waals surface area contributed by atoms with Crippen LogP contribution >= 0.6 is 0 Å². The predicted octanol–water partition coefficient (Wildman–Crippen LogP) is 2.08. The molecule has 0 spiro atoms. The summed E-state index contributed by atoms with van der Waals surface area (Å²) < 4.78 is 0. The van der Waals surface area contributed by atoms with E-state index in [-0.39, 0.29) is 0 Å². The zero-order chi connectivity index (χ0) is 11.3. The lowest BCUT2D eigenvalue weighted by Crippen LogP contribution is -2.27. The smallest absolute Gasteiger partial charge is 0.248 e. The van der Waals surface area contributed by atoms with Gasteiger partial charge < -0.3 is 0 Å². The van der Waals surface area contributed by atoms with Crippen LogP contribution in [0.15, 0.2) is 40.7 Å². The minimum Gasteiger partial charge on any atom is -0.273 e. The lowest BCUT2D eigenvalue weighted by molar-refractivity contribution is -0.142. The van der Waals surface area contributed by atoms with Gasteiger partial charge in [0, 0.05) is 13.8 Å². The van der Waals surface area contributed by atoms with Gasteiger partial charge in [0.25, 0.3) is 0 Å². The Morgan fingerprint density at radius 3 is 2.07 bits per heavy atom. The van der Waals surface area contributed by atoms with Gasteiger partial charge in [0.15, 0.2) is 0 Å². The highest BCUT2D eigenvalue weighted by Gasteiger charge is 2.11. The van der Waals surface area contributed by atoms with Gasteiger partial charge in [0.1, 0.15) is 0 Å². The van der Waals surface area contributed by atoms with E-state index in [9.17, 15) is 9.59 Å². The molecule has 5 nitrogen and oxygen atoms in total. The van der Waals surface area contributed by atoms with E-state index in [1.165, 1.54) is 13.8 Å². The number of amides is 2. The van der Waals surface area contributed by atoms with E-state index < -0.39 is 11.8 Å². The first-order valence-electron chi connectivity index (χ1n) is 4.39. The first-order valence-corrected chi connectivity index (χ1v) is 4.39. The highest BCUT2D eigenvalue weighted by molar-refractivity contribution is 5.92. The maximum Gasteiger partial charge on any atom is 0.248 e. The van der Waals surface area contributed by atoms with Crippen molar-refractivity contribution in [3.05, 3.63) is 30.3 Å². The summed E-state index contributed by atoms with van der Waals surface area (Å²) in [4.78, 5) is 21.9.